The summed E-state index contributed by atoms with van der Waals surface area (Å²) in [4.78, 5) is 0. The van der Waals surface area contributed by atoms with E-state index in [1.807, 2.05) is 36.4 Å². The van der Waals surface area contributed by atoms with Crippen LogP contribution in [0.3, 0.4) is 0 Å². The molecule has 1 heterocycles. The topological polar surface area (TPSA) is 35.8 Å². The lowest BCUT2D eigenvalue weighted by Gasteiger charge is -2.45. The summed E-state index contributed by atoms with van der Waals surface area (Å²) in [5.41, 5.74) is 1.99. The van der Waals surface area contributed by atoms with E-state index in [9.17, 15) is 5.26 Å². The molecule has 4 rings (SSSR count). The lowest BCUT2D eigenvalue weighted by molar-refractivity contribution is 0.117. The zero-order chi connectivity index (χ0) is 18.2. The predicted molar refractivity (Wildman–Crippen MR) is 116 cm³/mol. The summed E-state index contributed by atoms with van der Waals surface area (Å²) in [5, 5.41) is 14.3. The number of nitrogens with zero attached hydrogens (tertiary/aromatic N) is 1. The van der Waals surface area contributed by atoms with Crippen molar-refractivity contribution in [1.29, 1.82) is 5.26 Å². The molecule has 1 saturated carbocycles. The molecule has 0 radical (unpaired) electrons. The molecule has 1 aliphatic heterocycles. The van der Waals surface area contributed by atoms with Crippen LogP contribution in [-0.4, -0.2) is 12.1 Å². The van der Waals surface area contributed by atoms with Crippen molar-refractivity contribution in [3.8, 4) is 6.07 Å². The van der Waals surface area contributed by atoms with Crippen molar-refractivity contribution < 1.29 is 0 Å². The van der Waals surface area contributed by atoms with Gasteiger partial charge in [0.25, 0.3) is 0 Å². The molecular formula is C24H29BrN2. The number of nitriles is 1. The molecule has 0 spiro atoms. The van der Waals surface area contributed by atoms with Gasteiger partial charge in [-0.15, -0.1) is 17.0 Å². The number of fused-ring (bicyclic) bond motifs is 2. The average molecular weight is 425 g/mol. The first-order valence-corrected chi connectivity index (χ1v) is 9.84. The van der Waals surface area contributed by atoms with E-state index in [2.05, 4.69) is 49.5 Å². The molecule has 2 aliphatic rings. The first kappa shape index (κ1) is 20.1. The van der Waals surface area contributed by atoms with Gasteiger partial charge >= 0.3 is 0 Å². The molecule has 2 aromatic rings. The van der Waals surface area contributed by atoms with Crippen LogP contribution in [0, 0.1) is 22.7 Å². The van der Waals surface area contributed by atoms with E-state index in [1.165, 1.54) is 19.3 Å². The predicted octanol–water partition coefficient (Wildman–Crippen LogP) is 5.63. The molecule has 2 nitrogen and oxygen atoms in total. The minimum atomic E-state index is -0.596. The minimum Gasteiger partial charge on any atom is -0.311 e. The van der Waals surface area contributed by atoms with Gasteiger partial charge in [-0.1, -0.05) is 74.5 Å². The Morgan fingerprint density at radius 3 is 2.04 bits per heavy atom. The van der Waals surface area contributed by atoms with Crippen molar-refractivity contribution in [3.63, 3.8) is 0 Å². The molecule has 0 aromatic heterocycles. The Kier molecular flexibility index (Phi) is 5.79. The van der Waals surface area contributed by atoms with E-state index in [0.29, 0.717) is 17.5 Å². The molecule has 2 fully saturated rings. The molecule has 1 N–H and O–H groups in total. The van der Waals surface area contributed by atoms with Crippen LogP contribution in [0.4, 0.5) is 0 Å². The van der Waals surface area contributed by atoms with Crippen LogP contribution in [0.2, 0.25) is 0 Å². The summed E-state index contributed by atoms with van der Waals surface area (Å²) in [6.45, 7) is 4.81. The molecule has 0 amide bonds. The number of piperidine rings is 1. The molecule has 142 valence electrons. The Morgan fingerprint density at radius 1 is 1.00 bits per heavy atom. The number of hydrogen-bond donors (Lipinski definition) is 1. The van der Waals surface area contributed by atoms with Gasteiger partial charge < -0.3 is 5.32 Å². The second-order valence-electron chi connectivity index (χ2n) is 8.70. The quantitative estimate of drug-likeness (QED) is 0.689. The minimum absolute atomic E-state index is 0. The van der Waals surface area contributed by atoms with Crippen LogP contribution in [0.25, 0.3) is 0 Å². The maximum atomic E-state index is 10.4. The highest BCUT2D eigenvalue weighted by Crippen LogP contribution is 2.50. The largest absolute Gasteiger partial charge is 0.311 e. The van der Waals surface area contributed by atoms with E-state index >= 15 is 0 Å². The van der Waals surface area contributed by atoms with Gasteiger partial charge in [-0.05, 0) is 48.1 Å². The molecule has 3 heteroatoms. The van der Waals surface area contributed by atoms with Crippen LogP contribution in [0.1, 0.15) is 50.7 Å². The Bertz CT molecular complexity index is 739. The molecule has 3 unspecified atom stereocenters. The third-order valence-corrected chi connectivity index (χ3v) is 7.04. The molecular weight excluding hydrogens is 396 g/mol. The first-order chi connectivity index (χ1) is 12.6. The summed E-state index contributed by atoms with van der Waals surface area (Å²) in [6.07, 6.45) is 4.59. The standard InChI is InChI=1S/C24H28N2.BrH/c1-23(2)20-13-14-22(23)26-21(15-20)16-24(17-25,18-9-5-3-6-10-18)19-11-7-4-8-12-19;/h3-12,20-22,26H,13-16H2,1-2H3;1H. The molecule has 1 saturated heterocycles. The van der Waals surface area contributed by atoms with Crippen molar-refractivity contribution in [2.24, 2.45) is 11.3 Å². The number of rotatable bonds is 4. The zero-order valence-corrected chi connectivity index (χ0v) is 17.9. The van der Waals surface area contributed by atoms with Gasteiger partial charge in [-0.3, -0.25) is 0 Å². The second-order valence-corrected chi connectivity index (χ2v) is 8.70. The number of halogens is 1. The first-order valence-electron chi connectivity index (χ1n) is 9.84. The number of benzene rings is 2. The van der Waals surface area contributed by atoms with Crippen LogP contribution < -0.4 is 5.32 Å². The highest BCUT2D eigenvalue weighted by atomic mass is 79.9. The molecule has 27 heavy (non-hydrogen) atoms. The van der Waals surface area contributed by atoms with Gasteiger partial charge in [0.1, 0.15) is 5.41 Å². The van der Waals surface area contributed by atoms with Gasteiger partial charge in [-0.25, -0.2) is 0 Å². The summed E-state index contributed by atoms with van der Waals surface area (Å²) >= 11 is 0. The van der Waals surface area contributed by atoms with Crippen molar-refractivity contribution in [1.82, 2.24) is 5.32 Å². The lowest BCUT2D eigenvalue weighted by Crippen LogP contribution is -2.53. The van der Waals surface area contributed by atoms with Gasteiger partial charge in [0.15, 0.2) is 0 Å². The molecule has 2 bridgehead atoms. The summed E-state index contributed by atoms with van der Waals surface area (Å²) in [6, 6.07) is 24.4. The van der Waals surface area contributed by atoms with Gasteiger partial charge in [0.05, 0.1) is 6.07 Å². The maximum absolute atomic E-state index is 10.4. The fourth-order valence-corrected chi connectivity index (χ4v) is 5.35. The van der Waals surface area contributed by atoms with E-state index in [0.717, 1.165) is 23.5 Å². The van der Waals surface area contributed by atoms with E-state index in [1.54, 1.807) is 0 Å². The summed E-state index contributed by atoms with van der Waals surface area (Å²) in [5.74, 6) is 0.765. The highest BCUT2D eigenvalue weighted by molar-refractivity contribution is 8.93. The summed E-state index contributed by atoms with van der Waals surface area (Å²) in [7, 11) is 0. The van der Waals surface area contributed by atoms with Crippen LogP contribution in [0.15, 0.2) is 60.7 Å². The van der Waals surface area contributed by atoms with Crippen LogP contribution >= 0.6 is 17.0 Å². The SMILES string of the molecule is Br.CC1(C)C2CCC1NC(CC(C#N)(c1ccccc1)c1ccccc1)C2. The zero-order valence-electron chi connectivity index (χ0n) is 16.2. The van der Waals surface area contributed by atoms with Crippen LogP contribution in [0.5, 0.6) is 0 Å². The Morgan fingerprint density at radius 2 is 1.56 bits per heavy atom. The monoisotopic (exact) mass is 424 g/mol. The Hall–Kier alpha value is -1.63. The number of hydrogen-bond acceptors (Lipinski definition) is 2. The van der Waals surface area contributed by atoms with Crippen molar-refractivity contribution in [2.45, 2.75) is 57.0 Å². The third-order valence-electron chi connectivity index (χ3n) is 7.04. The maximum Gasteiger partial charge on any atom is 0.109 e. The van der Waals surface area contributed by atoms with Crippen molar-refractivity contribution in [2.75, 3.05) is 0 Å². The highest BCUT2D eigenvalue weighted by Gasteiger charge is 2.49. The molecule has 1 aliphatic carbocycles. The van der Waals surface area contributed by atoms with Crippen molar-refractivity contribution >= 4 is 17.0 Å². The second kappa shape index (κ2) is 7.78. The fraction of sp³-hybridized carbons (Fsp3) is 0.458. The van der Waals surface area contributed by atoms with Gasteiger partial charge in [-0.2, -0.15) is 5.26 Å². The van der Waals surface area contributed by atoms with Gasteiger partial charge in [0, 0.05) is 12.1 Å². The smallest absolute Gasteiger partial charge is 0.109 e. The molecule has 3 atom stereocenters. The van der Waals surface area contributed by atoms with E-state index in [-0.39, 0.29) is 17.0 Å². The number of nitrogens with one attached hydrogen (secondary N) is 1. The van der Waals surface area contributed by atoms with E-state index in [4.69, 9.17) is 0 Å². The van der Waals surface area contributed by atoms with Crippen LogP contribution in [-0.2, 0) is 5.41 Å². The van der Waals surface area contributed by atoms with Gasteiger partial charge in [0.2, 0.25) is 0 Å². The Labute approximate surface area is 173 Å². The van der Waals surface area contributed by atoms with E-state index < -0.39 is 5.41 Å². The molecule has 2 aromatic carbocycles. The third kappa shape index (κ3) is 3.46. The fourth-order valence-electron chi connectivity index (χ4n) is 5.35. The normalized spacial score (nSPS) is 26.0. The average Bonchev–Trinajstić information content (AvgIpc) is 2.85. The Balaban J connectivity index is 0.00000210. The van der Waals surface area contributed by atoms with Crippen molar-refractivity contribution in [3.05, 3.63) is 71.8 Å². The lowest BCUT2D eigenvalue weighted by atomic mass is 9.67. The summed E-state index contributed by atoms with van der Waals surface area (Å²) < 4.78 is 0.